The molecule has 0 aliphatic carbocycles. The van der Waals surface area contributed by atoms with E-state index in [1.54, 1.807) is 23.1 Å². The van der Waals surface area contributed by atoms with Crippen LogP contribution in [0.1, 0.15) is 31.0 Å². The number of hydrogen-bond donors (Lipinski definition) is 0. The van der Waals surface area contributed by atoms with Gasteiger partial charge in [0.15, 0.2) is 5.65 Å². The highest BCUT2D eigenvalue weighted by Crippen LogP contribution is 2.16. The summed E-state index contributed by atoms with van der Waals surface area (Å²) in [7, 11) is 0. The predicted octanol–water partition coefficient (Wildman–Crippen LogP) is 1.72. The van der Waals surface area contributed by atoms with Gasteiger partial charge in [-0.2, -0.15) is 5.26 Å². The number of hydrogen-bond acceptors (Lipinski definition) is 3. The molecule has 0 saturated heterocycles. The summed E-state index contributed by atoms with van der Waals surface area (Å²) in [6, 6.07) is 2.05. The average molecular weight is 186 g/mol. The third kappa shape index (κ3) is 1.23. The first-order valence-corrected chi connectivity index (χ1v) is 4.45. The van der Waals surface area contributed by atoms with E-state index in [1.807, 2.05) is 6.07 Å². The molecule has 70 valence electrons. The lowest BCUT2D eigenvalue weighted by Crippen LogP contribution is -1.93. The molecular weight excluding hydrogens is 176 g/mol. The smallest absolute Gasteiger partial charge is 0.159 e. The van der Waals surface area contributed by atoms with Gasteiger partial charge in [0.05, 0.1) is 11.3 Å². The van der Waals surface area contributed by atoms with E-state index >= 15 is 0 Å². The molecular formula is C10H10N4. The van der Waals surface area contributed by atoms with Crippen molar-refractivity contribution < 1.29 is 0 Å². The Balaban J connectivity index is 2.67. The van der Waals surface area contributed by atoms with E-state index in [1.165, 1.54) is 0 Å². The molecule has 0 amide bonds. The molecule has 0 radical (unpaired) electrons. The maximum Gasteiger partial charge on any atom is 0.159 e. The van der Waals surface area contributed by atoms with Crippen molar-refractivity contribution in [1.82, 2.24) is 14.4 Å². The van der Waals surface area contributed by atoms with Gasteiger partial charge < -0.3 is 0 Å². The maximum absolute atomic E-state index is 8.69. The van der Waals surface area contributed by atoms with Gasteiger partial charge >= 0.3 is 0 Å². The van der Waals surface area contributed by atoms with Crippen molar-refractivity contribution in [3.63, 3.8) is 0 Å². The molecule has 0 aliphatic rings. The molecule has 0 unspecified atom stereocenters. The highest BCUT2D eigenvalue weighted by molar-refractivity contribution is 5.47. The van der Waals surface area contributed by atoms with Gasteiger partial charge in [0.1, 0.15) is 12.4 Å². The van der Waals surface area contributed by atoms with Crippen LogP contribution in [-0.4, -0.2) is 14.4 Å². The van der Waals surface area contributed by atoms with Crippen LogP contribution in [0.15, 0.2) is 18.7 Å². The molecule has 2 rings (SSSR count). The number of imidazole rings is 1. The molecule has 14 heavy (non-hydrogen) atoms. The van der Waals surface area contributed by atoms with Crippen molar-refractivity contribution in [2.45, 2.75) is 19.8 Å². The number of nitrogens with zero attached hydrogens (tertiary/aromatic N) is 4. The lowest BCUT2D eigenvalue weighted by molar-refractivity contribution is 0.837. The quantitative estimate of drug-likeness (QED) is 0.681. The van der Waals surface area contributed by atoms with Crippen molar-refractivity contribution in [2.75, 3.05) is 0 Å². The highest BCUT2D eigenvalue weighted by Gasteiger charge is 2.09. The van der Waals surface area contributed by atoms with Crippen molar-refractivity contribution in [1.29, 1.82) is 5.26 Å². The standard InChI is InChI=1S/C10H10N4/c1-7(2)9-10-12-4-8(3-11)5-14(10)6-13-9/h4-7H,1-2H3. The molecule has 0 atom stereocenters. The van der Waals surface area contributed by atoms with E-state index in [0.717, 1.165) is 11.3 Å². The molecule has 0 N–H and O–H groups in total. The molecule has 0 aliphatic heterocycles. The number of fused-ring (bicyclic) bond motifs is 1. The largest absolute Gasteiger partial charge is 0.289 e. The lowest BCUT2D eigenvalue weighted by atomic mass is 10.1. The first kappa shape index (κ1) is 8.70. The minimum Gasteiger partial charge on any atom is -0.289 e. The summed E-state index contributed by atoms with van der Waals surface area (Å²) in [5, 5.41) is 8.69. The summed E-state index contributed by atoms with van der Waals surface area (Å²) in [4.78, 5) is 8.47. The van der Waals surface area contributed by atoms with Crippen molar-refractivity contribution >= 4 is 5.65 Å². The third-order valence-corrected chi connectivity index (χ3v) is 2.07. The Morgan fingerprint density at radius 1 is 1.43 bits per heavy atom. The van der Waals surface area contributed by atoms with E-state index in [0.29, 0.717) is 11.5 Å². The fourth-order valence-electron chi connectivity index (χ4n) is 1.38. The van der Waals surface area contributed by atoms with Gasteiger partial charge in [0, 0.05) is 12.4 Å². The van der Waals surface area contributed by atoms with Crippen molar-refractivity contribution in [3.8, 4) is 6.07 Å². The third-order valence-electron chi connectivity index (χ3n) is 2.07. The Kier molecular flexibility index (Phi) is 1.93. The Morgan fingerprint density at radius 2 is 2.21 bits per heavy atom. The maximum atomic E-state index is 8.69. The zero-order valence-electron chi connectivity index (χ0n) is 8.10. The molecule has 0 aromatic carbocycles. The molecule has 4 nitrogen and oxygen atoms in total. The summed E-state index contributed by atoms with van der Waals surface area (Å²) in [6.45, 7) is 4.14. The van der Waals surface area contributed by atoms with Gasteiger partial charge in [0.2, 0.25) is 0 Å². The lowest BCUT2D eigenvalue weighted by Gasteiger charge is -1.99. The molecule has 0 fully saturated rings. The molecule has 0 bridgehead atoms. The van der Waals surface area contributed by atoms with E-state index in [2.05, 4.69) is 23.8 Å². The van der Waals surface area contributed by atoms with Crippen LogP contribution in [-0.2, 0) is 0 Å². The number of rotatable bonds is 1. The summed E-state index contributed by atoms with van der Waals surface area (Å²) in [5.41, 5.74) is 2.35. The Labute approximate surface area is 81.8 Å². The molecule has 2 aromatic rings. The van der Waals surface area contributed by atoms with E-state index in [4.69, 9.17) is 5.26 Å². The van der Waals surface area contributed by atoms with Crippen LogP contribution >= 0.6 is 0 Å². The molecule has 0 saturated carbocycles. The first-order chi connectivity index (χ1) is 6.72. The molecule has 2 aromatic heterocycles. The van der Waals surface area contributed by atoms with Gasteiger partial charge in [-0.15, -0.1) is 0 Å². The highest BCUT2D eigenvalue weighted by atomic mass is 15.0. The van der Waals surface area contributed by atoms with E-state index < -0.39 is 0 Å². The van der Waals surface area contributed by atoms with Crippen LogP contribution in [0.4, 0.5) is 0 Å². The first-order valence-electron chi connectivity index (χ1n) is 4.45. The summed E-state index contributed by atoms with van der Waals surface area (Å²) < 4.78 is 1.79. The van der Waals surface area contributed by atoms with Gasteiger partial charge in [-0.3, -0.25) is 4.40 Å². The Hall–Kier alpha value is -1.89. The second-order valence-corrected chi connectivity index (χ2v) is 3.47. The van der Waals surface area contributed by atoms with Gasteiger partial charge in [-0.1, -0.05) is 13.8 Å². The van der Waals surface area contributed by atoms with Crippen molar-refractivity contribution in [3.05, 3.63) is 30.0 Å². The minimum atomic E-state index is 0.348. The topological polar surface area (TPSA) is 54.0 Å². The zero-order chi connectivity index (χ0) is 10.1. The summed E-state index contributed by atoms with van der Waals surface area (Å²) >= 11 is 0. The number of aromatic nitrogens is 3. The normalized spacial score (nSPS) is 10.7. The molecule has 2 heterocycles. The Morgan fingerprint density at radius 3 is 2.86 bits per heavy atom. The molecule has 4 heteroatoms. The van der Waals surface area contributed by atoms with Gasteiger partial charge in [-0.25, -0.2) is 9.97 Å². The average Bonchev–Trinajstić information content (AvgIpc) is 2.59. The van der Waals surface area contributed by atoms with Crippen LogP contribution in [0.5, 0.6) is 0 Å². The monoisotopic (exact) mass is 186 g/mol. The fourth-order valence-corrected chi connectivity index (χ4v) is 1.38. The van der Waals surface area contributed by atoms with Crippen LogP contribution in [0.25, 0.3) is 5.65 Å². The van der Waals surface area contributed by atoms with Gasteiger partial charge in [0.25, 0.3) is 0 Å². The zero-order valence-corrected chi connectivity index (χ0v) is 8.10. The Bertz CT molecular complexity index is 504. The number of nitriles is 1. The second kappa shape index (κ2) is 3.11. The SMILES string of the molecule is CC(C)c1ncn2cc(C#N)cnc12. The van der Waals surface area contributed by atoms with Crippen LogP contribution < -0.4 is 0 Å². The molecule has 0 spiro atoms. The predicted molar refractivity (Wildman–Crippen MR) is 51.8 cm³/mol. The second-order valence-electron chi connectivity index (χ2n) is 3.47. The van der Waals surface area contributed by atoms with Crippen LogP contribution in [0.2, 0.25) is 0 Å². The van der Waals surface area contributed by atoms with Crippen molar-refractivity contribution in [2.24, 2.45) is 0 Å². The van der Waals surface area contributed by atoms with E-state index in [-0.39, 0.29) is 0 Å². The van der Waals surface area contributed by atoms with Crippen LogP contribution in [0.3, 0.4) is 0 Å². The minimum absolute atomic E-state index is 0.348. The summed E-state index contributed by atoms with van der Waals surface area (Å²) in [5.74, 6) is 0.348. The van der Waals surface area contributed by atoms with Crippen LogP contribution in [0, 0.1) is 11.3 Å². The van der Waals surface area contributed by atoms with Gasteiger partial charge in [-0.05, 0) is 5.92 Å². The fraction of sp³-hybridized carbons (Fsp3) is 0.300. The van der Waals surface area contributed by atoms with E-state index in [9.17, 15) is 0 Å². The summed E-state index contributed by atoms with van der Waals surface area (Å²) in [6.07, 6.45) is 5.00.